The molecule has 0 heterocycles. The first-order valence-electron chi connectivity index (χ1n) is 20.4. The highest BCUT2D eigenvalue weighted by molar-refractivity contribution is 14.1. The Morgan fingerprint density at radius 3 is 1.13 bits per heavy atom. The van der Waals surface area contributed by atoms with Crippen LogP contribution in [0.5, 0.6) is 0 Å². The summed E-state index contributed by atoms with van der Waals surface area (Å²) in [6, 6.07) is 0. The van der Waals surface area contributed by atoms with E-state index in [1.165, 1.54) is 61.4 Å². The fourth-order valence-electron chi connectivity index (χ4n) is 6.05. The highest BCUT2D eigenvalue weighted by atomic mass is 127. The van der Waals surface area contributed by atoms with E-state index in [0.29, 0.717) is 38.5 Å². The molecule has 0 radical (unpaired) electrons. The molecule has 0 aliphatic carbocycles. The third-order valence-corrected chi connectivity index (χ3v) is 16.1. The molecule has 0 aromatic heterocycles. The molecule has 4 amide bonds. The Bertz CT molecular complexity index is 2010. The quantitative estimate of drug-likeness (QED) is 0.0504. The summed E-state index contributed by atoms with van der Waals surface area (Å²) >= 11 is 11.4. The van der Waals surface area contributed by atoms with Crippen molar-refractivity contribution in [1.82, 2.24) is 5.32 Å². The van der Waals surface area contributed by atoms with Gasteiger partial charge < -0.3 is 80.3 Å². The van der Waals surface area contributed by atoms with Gasteiger partial charge in [0.2, 0.25) is 23.6 Å². The average molecular weight is 1650 g/mol. The van der Waals surface area contributed by atoms with E-state index in [-0.39, 0.29) is 87.5 Å². The Balaban J connectivity index is 0.00000159. The SMILES string of the molecule is CC(=O)N(C)c1c(I)c(C(=O)O)c(I)c(N(CC(O)COCCCCOCC(O)CN(C(C)=O)c2c(I)c(C(=O)O)c(I)c(N(C)C(C)=O)c2I)C(C)=O)c1I.CNC[C@H](O)[C@@H](O)[C@H](O)[C@H](O)CO. The second-order valence-corrected chi connectivity index (χ2v) is 21.5. The predicted molar refractivity (Wildman–Crippen MR) is 305 cm³/mol. The van der Waals surface area contributed by atoms with Gasteiger partial charge in [-0.2, -0.15) is 0 Å². The van der Waals surface area contributed by atoms with E-state index in [1.54, 1.807) is 7.05 Å². The number of carbonyl (C=O) groups is 6. The lowest BCUT2D eigenvalue weighted by Gasteiger charge is -2.30. The lowest BCUT2D eigenvalue weighted by Crippen LogP contribution is -2.48. The van der Waals surface area contributed by atoms with Crippen molar-refractivity contribution in [3.05, 3.63) is 32.5 Å². The number of hydrogen-bond donors (Lipinski definition) is 10. The second-order valence-electron chi connectivity index (χ2n) is 15.1. The predicted octanol–water partition coefficient (Wildman–Crippen LogP) is 2.26. The van der Waals surface area contributed by atoms with Gasteiger partial charge in [-0.1, -0.05) is 0 Å². The summed E-state index contributed by atoms with van der Waals surface area (Å²) in [5.41, 5.74) is 1.08. The number of aliphatic hydroxyl groups excluding tert-OH is 7. The number of carboxylic acids is 2. The van der Waals surface area contributed by atoms with Crippen LogP contribution in [0.3, 0.4) is 0 Å². The Labute approximate surface area is 481 Å². The number of hydrogen-bond acceptors (Lipinski definition) is 16. The van der Waals surface area contributed by atoms with Gasteiger partial charge in [0, 0.05) is 61.5 Å². The molecule has 0 aliphatic rings. The van der Waals surface area contributed by atoms with Crippen LogP contribution >= 0.6 is 136 Å². The zero-order chi connectivity index (χ0) is 53.4. The van der Waals surface area contributed by atoms with Gasteiger partial charge in [-0.25, -0.2) is 9.59 Å². The smallest absolute Gasteiger partial charge is 0.338 e. The minimum Gasteiger partial charge on any atom is -0.478 e. The van der Waals surface area contributed by atoms with Gasteiger partial charge in [-0.15, -0.1) is 0 Å². The monoisotopic (exact) mass is 1650 g/mol. The van der Waals surface area contributed by atoms with E-state index in [2.05, 4.69) is 5.32 Å². The molecular formula is C41H57I6N5O17. The fourth-order valence-corrected chi connectivity index (χ4v) is 15.9. The van der Waals surface area contributed by atoms with E-state index in [0.717, 1.165) is 0 Å². The molecular weight excluding hydrogens is 1600 g/mol. The van der Waals surface area contributed by atoms with Gasteiger partial charge in [-0.05, 0) is 155 Å². The van der Waals surface area contributed by atoms with Crippen molar-refractivity contribution in [2.24, 2.45) is 0 Å². The first-order valence-corrected chi connectivity index (χ1v) is 26.9. The topological polar surface area (TPSA) is 328 Å². The van der Waals surface area contributed by atoms with Gasteiger partial charge in [-0.3, -0.25) is 19.2 Å². The number of ether oxygens (including phenoxy) is 2. The number of aliphatic hydroxyl groups is 7. The summed E-state index contributed by atoms with van der Waals surface area (Å²) in [7, 11) is 4.60. The number of unbranched alkanes of at least 4 members (excludes halogenated alkanes) is 1. The first kappa shape index (κ1) is 66.3. The number of halogens is 6. The van der Waals surface area contributed by atoms with Crippen LogP contribution in [0.2, 0.25) is 0 Å². The van der Waals surface area contributed by atoms with Crippen LogP contribution in [0.4, 0.5) is 22.7 Å². The lowest BCUT2D eigenvalue weighted by atomic mass is 10.0. The Morgan fingerprint density at radius 1 is 0.536 bits per heavy atom. The Kier molecular flexibility index (Phi) is 30.6. The fraction of sp³-hybridized carbons (Fsp3) is 0.561. The summed E-state index contributed by atoms with van der Waals surface area (Å²) < 4.78 is 13.5. The zero-order valence-corrected chi connectivity index (χ0v) is 51.3. The summed E-state index contributed by atoms with van der Waals surface area (Å²) in [6.45, 7) is 4.54. The highest BCUT2D eigenvalue weighted by Crippen LogP contribution is 2.44. The summed E-state index contributed by atoms with van der Waals surface area (Å²) in [5.74, 6) is -4.01. The van der Waals surface area contributed by atoms with Crippen LogP contribution in [-0.2, 0) is 28.7 Å². The number of likely N-dealkylation sites (N-methyl/N-ethyl adjacent to an activating group) is 1. The van der Waals surface area contributed by atoms with Crippen molar-refractivity contribution in [3.8, 4) is 0 Å². The molecule has 2 rings (SSSR count). The lowest BCUT2D eigenvalue weighted by molar-refractivity contribution is -0.117. The third-order valence-electron chi connectivity index (χ3n) is 9.86. The number of amides is 4. The number of anilines is 4. The van der Waals surface area contributed by atoms with Crippen molar-refractivity contribution >= 4 is 194 Å². The van der Waals surface area contributed by atoms with Gasteiger partial charge in [0.25, 0.3) is 0 Å². The molecule has 390 valence electrons. The van der Waals surface area contributed by atoms with E-state index >= 15 is 0 Å². The van der Waals surface area contributed by atoms with Gasteiger partial charge >= 0.3 is 11.9 Å². The molecule has 0 aliphatic heterocycles. The van der Waals surface area contributed by atoms with Crippen molar-refractivity contribution in [1.29, 1.82) is 0 Å². The Morgan fingerprint density at radius 2 is 0.855 bits per heavy atom. The summed E-state index contributed by atoms with van der Waals surface area (Å²) in [5, 5.41) is 89.1. The average Bonchev–Trinajstić information content (AvgIpc) is 3.25. The van der Waals surface area contributed by atoms with Gasteiger partial charge in [0.05, 0.1) is 107 Å². The summed E-state index contributed by atoms with van der Waals surface area (Å²) in [4.78, 5) is 79.9. The molecule has 2 unspecified atom stereocenters. The maximum absolute atomic E-state index is 12.8. The van der Waals surface area contributed by atoms with Crippen LogP contribution < -0.4 is 24.9 Å². The van der Waals surface area contributed by atoms with E-state index in [1.807, 2.05) is 136 Å². The molecule has 10 N–H and O–H groups in total. The van der Waals surface area contributed by atoms with Gasteiger partial charge in [0.15, 0.2) is 0 Å². The van der Waals surface area contributed by atoms with Crippen LogP contribution in [-0.4, -0.2) is 192 Å². The third kappa shape index (κ3) is 18.8. The van der Waals surface area contributed by atoms with E-state index < -0.39 is 67.0 Å². The molecule has 6 atom stereocenters. The molecule has 2 aromatic carbocycles. The molecule has 22 nitrogen and oxygen atoms in total. The number of rotatable bonds is 25. The molecule has 0 spiro atoms. The van der Waals surface area contributed by atoms with Crippen LogP contribution in [0.1, 0.15) is 61.3 Å². The molecule has 69 heavy (non-hydrogen) atoms. The molecule has 0 saturated heterocycles. The number of benzene rings is 2. The highest BCUT2D eigenvalue weighted by Gasteiger charge is 2.34. The van der Waals surface area contributed by atoms with Crippen molar-refractivity contribution in [2.45, 2.75) is 77.2 Å². The number of carboxylic acid groups (broad SMARTS) is 2. The minimum atomic E-state index is -1.55. The largest absolute Gasteiger partial charge is 0.478 e. The number of aromatic carboxylic acids is 2. The summed E-state index contributed by atoms with van der Waals surface area (Å²) in [6.07, 6.45) is -6.86. The van der Waals surface area contributed by atoms with Crippen molar-refractivity contribution in [3.63, 3.8) is 0 Å². The molecule has 0 bridgehead atoms. The number of nitrogens with zero attached hydrogens (tertiary/aromatic N) is 4. The maximum atomic E-state index is 12.8. The normalized spacial score (nSPS) is 13.8. The first-order chi connectivity index (χ1) is 32.0. The Hall–Kier alpha value is -0.760. The molecule has 0 fully saturated rings. The van der Waals surface area contributed by atoms with Crippen LogP contribution in [0.15, 0.2) is 0 Å². The van der Waals surface area contributed by atoms with Gasteiger partial charge in [0.1, 0.15) is 18.3 Å². The minimum absolute atomic E-state index is 0.0646. The maximum Gasteiger partial charge on any atom is 0.338 e. The van der Waals surface area contributed by atoms with Crippen LogP contribution in [0, 0.1) is 21.4 Å². The number of nitrogens with one attached hydrogen (secondary N) is 1. The van der Waals surface area contributed by atoms with E-state index in [4.69, 9.17) is 29.9 Å². The van der Waals surface area contributed by atoms with Crippen molar-refractivity contribution < 1.29 is 84.2 Å². The van der Waals surface area contributed by atoms with E-state index in [9.17, 15) is 54.3 Å². The number of carbonyl (C=O) groups excluding carboxylic acids is 4. The zero-order valence-electron chi connectivity index (χ0n) is 38.4. The van der Waals surface area contributed by atoms with Crippen LogP contribution in [0.25, 0.3) is 0 Å². The second kappa shape index (κ2) is 31.9. The molecule has 2 aromatic rings. The van der Waals surface area contributed by atoms with Crippen molar-refractivity contribution in [2.75, 3.05) is 93.4 Å². The standard InChI is InChI=1S/C34H40I6N4O12.C7H17NO5/c1-15(45)41(5)29-23(35)21(33(51)52)25(37)31(27(29)39)43(17(3)47)11-19(49)13-55-9-7-8-10-56-14-20(50)12-44(18(4)48)32-26(38)22(34(53)54)24(36)30(28(32)40)42(6)16(2)46;1-8-2-4(10)6(12)7(13)5(11)3-9/h19-20,49-50H,7-14H2,1-6H3,(H,51,52)(H,53,54);4-13H,2-3H2,1H3/t;4-,5+,6+,7+/m.0/s1. The molecule has 0 saturated carbocycles. The molecule has 28 heteroatoms.